The molecule has 0 spiro atoms. The van der Waals surface area contributed by atoms with E-state index >= 15 is 0 Å². The molecule has 2 rings (SSSR count). The quantitative estimate of drug-likeness (QED) is 0.468. The van der Waals surface area contributed by atoms with Crippen molar-refractivity contribution in [2.24, 2.45) is 0 Å². The maximum atomic E-state index is 2.89. The minimum atomic E-state index is 0. The van der Waals surface area contributed by atoms with E-state index in [1.165, 1.54) is 0 Å². The Morgan fingerprint density at radius 1 is 0.500 bits per heavy atom. The van der Waals surface area contributed by atoms with E-state index in [-0.39, 0.29) is 29.1 Å². The van der Waals surface area contributed by atoms with Gasteiger partial charge < -0.3 is 7.43 Å². The third-order valence-corrected chi connectivity index (χ3v) is 1.21. The van der Waals surface area contributed by atoms with E-state index in [4.69, 9.17) is 0 Å². The van der Waals surface area contributed by atoms with Crippen LogP contribution < -0.4 is 0 Å². The molecule has 0 fully saturated rings. The molecule has 0 aliphatic heterocycles. The second-order valence-electron chi connectivity index (χ2n) is 2.15. The summed E-state index contributed by atoms with van der Waals surface area (Å²) in [5.74, 6) is 0. The number of benzene rings is 2. The first-order chi connectivity index (χ1) is 6.00. The van der Waals surface area contributed by atoms with Crippen molar-refractivity contribution >= 4 is 0 Å². The predicted octanol–water partition coefficient (Wildman–Crippen LogP) is 3.42. The molecule has 14 heavy (non-hydrogen) atoms. The van der Waals surface area contributed by atoms with Crippen LogP contribution in [0.5, 0.6) is 0 Å². The van der Waals surface area contributed by atoms with Gasteiger partial charge in [0.15, 0.2) is 0 Å². The van der Waals surface area contributed by atoms with Gasteiger partial charge in [-0.2, -0.15) is 72.8 Å². The smallest absolute Gasteiger partial charge is 0.358 e. The molecule has 1 radical (unpaired) electrons. The topological polar surface area (TPSA) is 0 Å². The van der Waals surface area contributed by atoms with Gasteiger partial charge >= 0.3 is 21.7 Å². The summed E-state index contributed by atoms with van der Waals surface area (Å²) in [6.07, 6.45) is 0. The fraction of sp³-hybridized carbons (Fsp3) is 0. The van der Waals surface area contributed by atoms with Gasteiger partial charge in [0.1, 0.15) is 0 Å². The zero-order valence-electron chi connectivity index (χ0n) is 8.27. The fourth-order valence-corrected chi connectivity index (χ4v) is 0.684. The van der Waals surface area contributed by atoms with Crippen molar-refractivity contribution in [1.82, 2.24) is 0 Å². The van der Waals surface area contributed by atoms with Gasteiger partial charge in [0.2, 0.25) is 0 Å². The van der Waals surface area contributed by atoms with E-state index in [0.29, 0.717) is 0 Å². The van der Waals surface area contributed by atoms with Gasteiger partial charge in [0.05, 0.1) is 0 Å². The first-order valence-corrected chi connectivity index (χ1v) is 3.82. The van der Waals surface area contributed by atoms with E-state index in [1.54, 1.807) is 0 Å². The molecule has 0 N–H and O–H groups in total. The van der Waals surface area contributed by atoms with E-state index in [9.17, 15) is 0 Å². The Bertz CT molecular complexity index is 181. The Labute approximate surface area is 102 Å². The molecule has 1 heteroatoms. The summed E-state index contributed by atoms with van der Waals surface area (Å²) < 4.78 is 0. The van der Waals surface area contributed by atoms with E-state index < -0.39 is 0 Å². The van der Waals surface area contributed by atoms with Crippen LogP contribution in [0.1, 0.15) is 0 Å². The van der Waals surface area contributed by atoms with Crippen LogP contribution in [0.25, 0.3) is 0 Å². The Kier molecular flexibility index (Phi) is 13.6. The van der Waals surface area contributed by atoms with Crippen LogP contribution in [-0.2, 0) is 21.7 Å². The summed E-state index contributed by atoms with van der Waals surface area (Å²) in [5, 5.41) is 0. The Hall–Kier alpha value is -0.846. The molecule has 0 aromatic heterocycles. The molecule has 0 unspecified atom stereocenters. The van der Waals surface area contributed by atoms with E-state index in [0.717, 1.165) is 0 Å². The zero-order valence-corrected chi connectivity index (χ0v) is 9.84. The Balaban J connectivity index is 0. The van der Waals surface area contributed by atoms with Gasteiger partial charge in [-0.1, -0.05) is 0 Å². The molecule has 0 nitrogen and oxygen atoms in total. The molecular weight excluding hydrogens is 204 g/mol. The second kappa shape index (κ2) is 12.2. The largest absolute Gasteiger partial charge is 3.00 e. The predicted molar refractivity (Wildman–Crippen MR) is 57.0 cm³/mol. The summed E-state index contributed by atoms with van der Waals surface area (Å²) >= 11 is 0. The molecule has 0 bridgehead atoms. The molecule has 0 saturated carbocycles. The summed E-state index contributed by atoms with van der Waals surface area (Å²) in [6.45, 7) is 0. The molecule has 0 aliphatic carbocycles. The van der Waals surface area contributed by atoms with Crippen molar-refractivity contribution in [3.8, 4) is 0 Å². The minimum absolute atomic E-state index is 0. The molecule has 2 aromatic rings. The fourth-order valence-electron chi connectivity index (χ4n) is 0.684. The van der Waals surface area contributed by atoms with Crippen LogP contribution in [0.15, 0.2) is 60.7 Å². The van der Waals surface area contributed by atoms with Crippen molar-refractivity contribution in [1.29, 1.82) is 0 Å². The van der Waals surface area contributed by atoms with Crippen LogP contribution >= 0.6 is 0 Å². The first kappa shape index (κ1) is 15.6. The normalized spacial score (nSPS) is 6.86. The average molecular weight is 217 g/mol. The first-order valence-electron chi connectivity index (χ1n) is 3.82. The van der Waals surface area contributed by atoms with Crippen molar-refractivity contribution in [2.45, 2.75) is 0 Å². The molecule has 0 atom stereocenters. The number of hydrogen-bond acceptors (Lipinski definition) is 0. The minimum Gasteiger partial charge on any atom is -0.358 e. The molecule has 0 aliphatic rings. The summed E-state index contributed by atoms with van der Waals surface area (Å²) in [6, 6.07) is 25.0. The van der Waals surface area contributed by atoms with Crippen LogP contribution in [0.3, 0.4) is 0 Å². The van der Waals surface area contributed by atoms with E-state index in [1.807, 2.05) is 60.7 Å². The maximum Gasteiger partial charge on any atom is 3.00 e. The molecule has 2 aromatic carbocycles. The van der Waals surface area contributed by atoms with Gasteiger partial charge in [0, 0.05) is 0 Å². The van der Waals surface area contributed by atoms with Crippen molar-refractivity contribution in [3.05, 3.63) is 80.2 Å². The van der Waals surface area contributed by atoms with E-state index in [2.05, 4.69) is 12.1 Å². The standard InChI is InChI=1S/2C6H5.CH3.Ti/c2*1-2-4-6-5-3-1;;/h2*1-5H;1H3;/q3*-1;+3. The Morgan fingerprint density at radius 3 is 0.857 bits per heavy atom. The summed E-state index contributed by atoms with van der Waals surface area (Å²) in [4.78, 5) is 0. The molecule has 0 amide bonds. The van der Waals surface area contributed by atoms with Gasteiger partial charge in [-0.15, -0.1) is 0 Å². The van der Waals surface area contributed by atoms with Crippen LogP contribution in [-0.4, -0.2) is 0 Å². The Morgan fingerprint density at radius 2 is 0.786 bits per heavy atom. The van der Waals surface area contributed by atoms with Crippen molar-refractivity contribution < 1.29 is 21.7 Å². The molecule has 0 heterocycles. The number of hydrogen-bond donors (Lipinski definition) is 0. The summed E-state index contributed by atoms with van der Waals surface area (Å²) in [5.41, 5.74) is 0. The van der Waals surface area contributed by atoms with Crippen LogP contribution in [0.4, 0.5) is 0 Å². The maximum absolute atomic E-state index is 2.89. The van der Waals surface area contributed by atoms with Crippen LogP contribution in [0.2, 0.25) is 0 Å². The van der Waals surface area contributed by atoms with Gasteiger partial charge in [-0.3, -0.25) is 0 Å². The van der Waals surface area contributed by atoms with Crippen molar-refractivity contribution in [3.63, 3.8) is 0 Å². The number of rotatable bonds is 0. The molecule has 69 valence electrons. The molecule has 0 saturated heterocycles. The zero-order chi connectivity index (χ0) is 8.49. The average Bonchev–Trinajstić information content (AvgIpc) is 2.24. The van der Waals surface area contributed by atoms with Gasteiger partial charge in [0.25, 0.3) is 0 Å². The van der Waals surface area contributed by atoms with Crippen LogP contribution in [0, 0.1) is 19.6 Å². The molecular formula is C13H13Ti. The second-order valence-corrected chi connectivity index (χ2v) is 2.15. The van der Waals surface area contributed by atoms with Gasteiger partial charge in [-0.05, 0) is 0 Å². The SMILES string of the molecule is [CH3-].[Ti+3].[c-]1ccccc1.[c-]1ccccc1. The monoisotopic (exact) mass is 217 g/mol. The summed E-state index contributed by atoms with van der Waals surface area (Å²) in [7, 11) is 0. The third kappa shape index (κ3) is 9.24. The third-order valence-electron chi connectivity index (χ3n) is 1.21. The van der Waals surface area contributed by atoms with Gasteiger partial charge in [-0.25, -0.2) is 0 Å². The van der Waals surface area contributed by atoms with Crippen molar-refractivity contribution in [2.75, 3.05) is 0 Å².